The van der Waals surface area contributed by atoms with E-state index in [1.165, 1.54) is 24.3 Å². The second kappa shape index (κ2) is 8.47. The molecular formula is C15H14INO7S. The maximum atomic E-state index is 11.0. The van der Waals surface area contributed by atoms with Crippen LogP contribution in [0.4, 0.5) is 0 Å². The number of ether oxygens (including phenoxy) is 1. The Bertz CT molecular complexity index is 822. The average molecular weight is 479 g/mol. The van der Waals surface area contributed by atoms with Gasteiger partial charge in [-0.25, -0.2) is 3.53 Å². The van der Waals surface area contributed by atoms with Crippen molar-refractivity contribution in [3.63, 3.8) is 0 Å². The first kappa shape index (κ1) is 19.4. The van der Waals surface area contributed by atoms with Gasteiger partial charge in [0.25, 0.3) is 0 Å². The van der Waals surface area contributed by atoms with Crippen LogP contribution in [0.3, 0.4) is 0 Å². The van der Waals surface area contributed by atoms with Crippen molar-refractivity contribution in [2.75, 3.05) is 0 Å². The topological polar surface area (TPSA) is 122 Å². The van der Waals surface area contributed by atoms with E-state index >= 15 is 0 Å². The van der Waals surface area contributed by atoms with E-state index in [0.29, 0.717) is 17.9 Å². The molecule has 0 aliphatic carbocycles. The molecule has 0 spiro atoms. The van der Waals surface area contributed by atoms with Crippen molar-refractivity contribution in [3.8, 4) is 17.2 Å². The Labute approximate surface area is 158 Å². The molecule has 0 aliphatic heterocycles. The number of rotatable bonds is 8. The third-order valence-corrected chi connectivity index (χ3v) is 4.21. The summed E-state index contributed by atoms with van der Waals surface area (Å²) in [6.45, 7) is 0. The van der Waals surface area contributed by atoms with Crippen molar-refractivity contribution >= 4 is 39.2 Å². The van der Waals surface area contributed by atoms with Gasteiger partial charge >= 0.3 is 16.4 Å². The molecule has 0 aliphatic rings. The molecule has 0 radical (unpaired) electrons. The molecule has 0 heterocycles. The molecule has 8 nitrogen and oxygen atoms in total. The zero-order valence-corrected chi connectivity index (χ0v) is 15.6. The SMILES string of the molecule is O=C(O)[C@H](Cc1ccc(Oc2ccc(OS(=O)(=O)O)cc2)cc1)NI. The maximum absolute atomic E-state index is 11.0. The van der Waals surface area contributed by atoms with E-state index in [1.807, 2.05) is 0 Å². The number of halogens is 1. The Morgan fingerprint density at radius 1 is 1.04 bits per heavy atom. The van der Waals surface area contributed by atoms with E-state index in [0.717, 1.165) is 5.56 Å². The van der Waals surface area contributed by atoms with E-state index in [-0.39, 0.29) is 5.75 Å². The summed E-state index contributed by atoms with van der Waals surface area (Å²) >= 11 is 1.80. The summed E-state index contributed by atoms with van der Waals surface area (Å²) in [5, 5.41) is 9.02. The van der Waals surface area contributed by atoms with Crippen molar-refractivity contribution in [3.05, 3.63) is 54.1 Å². The van der Waals surface area contributed by atoms with Crippen LogP contribution in [0.25, 0.3) is 0 Å². The molecule has 2 rings (SSSR count). The van der Waals surface area contributed by atoms with Gasteiger partial charge in [0.15, 0.2) is 0 Å². The molecule has 0 aromatic heterocycles. The molecule has 0 saturated heterocycles. The van der Waals surface area contributed by atoms with Crippen LogP contribution < -0.4 is 12.5 Å². The van der Waals surface area contributed by atoms with Crippen molar-refractivity contribution in [1.82, 2.24) is 3.53 Å². The number of carboxylic acids is 1. The normalized spacial score (nSPS) is 12.4. The molecule has 134 valence electrons. The number of hydrogen-bond donors (Lipinski definition) is 3. The second-order valence-corrected chi connectivity index (χ2v) is 6.58. The van der Waals surface area contributed by atoms with Gasteiger partial charge in [0, 0.05) is 22.9 Å². The van der Waals surface area contributed by atoms with Gasteiger partial charge < -0.3 is 14.0 Å². The number of carboxylic acid groups (broad SMARTS) is 1. The average Bonchev–Trinajstić information content (AvgIpc) is 2.54. The number of hydrogen-bond acceptors (Lipinski definition) is 6. The van der Waals surface area contributed by atoms with Crippen molar-refractivity contribution in [2.24, 2.45) is 0 Å². The highest BCUT2D eigenvalue weighted by atomic mass is 127. The Balaban J connectivity index is 2.00. The van der Waals surface area contributed by atoms with E-state index in [2.05, 4.69) is 7.71 Å². The van der Waals surface area contributed by atoms with Crippen molar-refractivity contribution in [2.45, 2.75) is 12.5 Å². The molecule has 3 N–H and O–H groups in total. The molecule has 0 fully saturated rings. The van der Waals surface area contributed by atoms with Crippen LogP contribution in [0.15, 0.2) is 48.5 Å². The minimum Gasteiger partial charge on any atom is -0.480 e. The smallest absolute Gasteiger partial charge is 0.446 e. The van der Waals surface area contributed by atoms with E-state index < -0.39 is 22.4 Å². The van der Waals surface area contributed by atoms with Crippen LogP contribution in [-0.4, -0.2) is 30.1 Å². The largest absolute Gasteiger partial charge is 0.480 e. The fourth-order valence-electron chi connectivity index (χ4n) is 1.92. The van der Waals surface area contributed by atoms with Crippen LogP contribution in [0.5, 0.6) is 17.2 Å². The summed E-state index contributed by atoms with van der Waals surface area (Å²) < 4.78 is 42.4. The van der Waals surface area contributed by atoms with Gasteiger partial charge in [-0.15, -0.1) is 0 Å². The lowest BCUT2D eigenvalue weighted by molar-refractivity contribution is -0.138. The molecule has 0 unspecified atom stereocenters. The van der Waals surface area contributed by atoms with Crippen LogP contribution in [-0.2, 0) is 21.6 Å². The maximum Gasteiger partial charge on any atom is 0.446 e. The van der Waals surface area contributed by atoms with Crippen molar-refractivity contribution < 1.29 is 31.8 Å². The molecule has 25 heavy (non-hydrogen) atoms. The zero-order chi connectivity index (χ0) is 18.4. The predicted molar refractivity (Wildman–Crippen MR) is 97.4 cm³/mol. The minimum atomic E-state index is -4.56. The Morgan fingerprint density at radius 2 is 1.52 bits per heavy atom. The Kier molecular flexibility index (Phi) is 6.58. The first-order valence-electron chi connectivity index (χ1n) is 6.89. The minimum absolute atomic E-state index is 0.0452. The molecule has 2 aromatic carbocycles. The van der Waals surface area contributed by atoms with Gasteiger partial charge in [0.1, 0.15) is 23.3 Å². The first-order valence-corrected chi connectivity index (χ1v) is 9.34. The van der Waals surface area contributed by atoms with Crippen molar-refractivity contribution in [1.29, 1.82) is 0 Å². The molecule has 10 heteroatoms. The Hall–Kier alpha value is -1.89. The van der Waals surface area contributed by atoms with E-state index in [1.54, 1.807) is 47.1 Å². The van der Waals surface area contributed by atoms with Gasteiger partial charge in [-0.2, -0.15) is 8.42 Å². The number of benzene rings is 2. The highest BCUT2D eigenvalue weighted by Crippen LogP contribution is 2.24. The summed E-state index contributed by atoms with van der Waals surface area (Å²) in [5.41, 5.74) is 0.834. The van der Waals surface area contributed by atoms with E-state index in [9.17, 15) is 13.2 Å². The predicted octanol–water partition coefficient (Wildman–Crippen LogP) is 2.60. The lowest BCUT2D eigenvalue weighted by atomic mass is 10.1. The monoisotopic (exact) mass is 479 g/mol. The van der Waals surface area contributed by atoms with Gasteiger partial charge in [-0.3, -0.25) is 9.35 Å². The summed E-state index contributed by atoms with van der Waals surface area (Å²) in [7, 11) is -4.56. The standard InChI is InChI=1S/C15H14INO7S/c16-17-14(15(18)19)9-10-1-3-11(4-2-10)23-12-5-7-13(8-6-12)24-25(20,21)22/h1-8,14,17H,9H2,(H,18,19)(H,20,21,22)/t14-/m0/s1. The Morgan fingerprint density at radius 3 is 1.96 bits per heavy atom. The van der Waals surface area contributed by atoms with Gasteiger partial charge in [-0.1, -0.05) is 12.1 Å². The molecule has 0 saturated carbocycles. The second-order valence-electron chi connectivity index (χ2n) is 4.93. The highest BCUT2D eigenvalue weighted by Gasteiger charge is 2.16. The van der Waals surface area contributed by atoms with Gasteiger partial charge in [0.05, 0.1) is 0 Å². The van der Waals surface area contributed by atoms with Gasteiger partial charge in [0.2, 0.25) is 0 Å². The quantitative estimate of drug-likeness (QED) is 0.300. The van der Waals surface area contributed by atoms with Crippen LogP contribution >= 0.6 is 22.9 Å². The summed E-state index contributed by atoms with van der Waals surface area (Å²) in [4.78, 5) is 11.0. The molecular weight excluding hydrogens is 465 g/mol. The van der Waals surface area contributed by atoms with Gasteiger partial charge in [-0.05, 0) is 48.4 Å². The molecule has 0 bridgehead atoms. The lowest BCUT2D eigenvalue weighted by Crippen LogP contribution is -2.32. The zero-order valence-electron chi connectivity index (χ0n) is 12.6. The van der Waals surface area contributed by atoms with E-state index in [4.69, 9.17) is 14.4 Å². The molecule has 1 atom stereocenters. The summed E-state index contributed by atoms with van der Waals surface area (Å²) in [6, 6.07) is 11.9. The molecule has 2 aromatic rings. The summed E-state index contributed by atoms with van der Waals surface area (Å²) in [6.07, 6.45) is 0.334. The number of nitrogens with one attached hydrogen (secondary N) is 1. The van der Waals surface area contributed by atoms with Crippen LogP contribution in [0.2, 0.25) is 0 Å². The summed E-state index contributed by atoms with van der Waals surface area (Å²) in [5.74, 6) is -0.00702. The molecule has 0 amide bonds. The third-order valence-electron chi connectivity index (χ3n) is 3.05. The van der Waals surface area contributed by atoms with Crippen LogP contribution in [0, 0.1) is 0 Å². The fourth-order valence-corrected chi connectivity index (χ4v) is 2.76. The fraction of sp³-hybridized carbons (Fsp3) is 0.133. The first-order chi connectivity index (χ1) is 11.8. The number of aliphatic carboxylic acids is 1. The lowest BCUT2D eigenvalue weighted by Gasteiger charge is -2.11. The highest BCUT2D eigenvalue weighted by molar-refractivity contribution is 14.1. The number of carbonyl (C=O) groups is 1. The third kappa shape index (κ3) is 6.49. The van der Waals surface area contributed by atoms with Crippen LogP contribution in [0.1, 0.15) is 5.56 Å².